The first kappa shape index (κ1) is 18.3. The summed E-state index contributed by atoms with van der Waals surface area (Å²) in [5, 5.41) is 11.1. The molecule has 8 heteroatoms. The zero-order valence-corrected chi connectivity index (χ0v) is 13.0. The number of ether oxygens (including phenoxy) is 1. The maximum atomic E-state index is 14.0. The molecule has 2 aromatic carbocycles. The molecule has 0 spiro atoms. The predicted molar refractivity (Wildman–Crippen MR) is 84.7 cm³/mol. The number of carbonyl (C=O) groups excluding carboxylic acids is 2. The van der Waals surface area contributed by atoms with Gasteiger partial charge in [0.25, 0.3) is 5.91 Å². The van der Waals surface area contributed by atoms with Gasteiger partial charge in [0.2, 0.25) is 5.91 Å². The molecule has 0 aromatic heterocycles. The van der Waals surface area contributed by atoms with Crippen LogP contribution in [0.4, 0.5) is 8.78 Å². The second kappa shape index (κ2) is 8.20. The second-order valence-electron chi connectivity index (χ2n) is 5.17. The van der Waals surface area contributed by atoms with Crippen LogP contribution in [0.2, 0.25) is 0 Å². The number of amides is 2. The minimum absolute atomic E-state index is 0.0248. The molecule has 4 N–H and O–H groups in total. The molecule has 2 aromatic rings. The first-order valence-electron chi connectivity index (χ1n) is 7.28. The van der Waals surface area contributed by atoms with Gasteiger partial charge in [-0.1, -0.05) is 12.1 Å². The summed E-state index contributed by atoms with van der Waals surface area (Å²) in [6, 6.07) is 7.77. The quantitative estimate of drug-likeness (QED) is 0.696. The van der Waals surface area contributed by atoms with Crippen LogP contribution in [0.15, 0.2) is 42.5 Å². The maximum Gasteiger partial charge on any atom is 0.252 e. The van der Waals surface area contributed by atoms with Crippen LogP contribution in [0.3, 0.4) is 0 Å². The standard InChI is InChI=1S/C17H16F2N2O4/c18-12-4-1-10(2-5-12)9-25-15-6-3-11(7-13(15)19)17(24)21-14(8-22)16(20)23/h1-7,14,22H,8-9H2,(H2,20,23)(H,21,24). The molecule has 1 atom stereocenters. The fraction of sp³-hybridized carbons (Fsp3) is 0.176. The molecule has 0 saturated carbocycles. The van der Waals surface area contributed by atoms with E-state index in [1.807, 2.05) is 0 Å². The van der Waals surface area contributed by atoms with E-state index in [0.717, 1.165) is 6.07 Å². The largest absolute Gasteiger partial charge is 0.486 e. The van der Waals surface area contributed by atoms with Crippen molar-refractivity contribution in [3.8, 4) is 5.75 Å². The van der Waals surface area contributed by atoms with E-state index in [-0.39, 0.29) is 23.7 Å². The molecule has 6 nitrogen and oxygen atoms in total. The molecule has 0 saturated heterocycles. The highest BCUT2D eigenvalue weighted by molar-refractivity contribution is 5.97. The highest BCUT2D eigenvalue weighted by atomic mass is 19.1. The minimum atomic E-state index is -1.26. The summed E-state index contributed by atoms with van der Waals surface area (Å²) in [5.74, 6) is -2.93. The van der Waals surface area contributed by atoms with Crippen LogP contribution in [0.5, 0.6) is 5.75 Å². The first-order chi connectivity index (χ1) is 11.9. The lowest BCUT2D eigenvalue weighted by atomic mass is 10.1. The lowest BCUT2D eigenvalue weighted by Crippen LogP contribution is -2.46. The number of nitrogens with one attached hydrogen (secondary N) is 1. The molecule has 0 aliphatic carbocycles. The van der Waals surface area contributed by atoms with Crippen molar-refractivity contribution in [1.29, 1.82) is 0 Å². The molecule has 0 fully saturated rings. The van der Waals surface area contributed by atoms with Crippen molar-refractivity contribution in [2.75, 3.05) is 6.61 Å². The van der Waals surface area contributed by atoms with Crippen LogP contribution in [0, 0.1) is 11.6 Å². The van der Waals surface area contributed by atoms with Gasteiger partial charge in [0.15, 0.2) is 11.6 Å². The summed E-state index contributed by atoms with van der Waals surface area (Å²) in [7, 11) is 0. The Kier molecular flexibility index (Phi) is 6.02. The third-order valence-electron chi connectivity index (χ3n) is 3.33. The van der Waals surface area contributed by atoms with Gasteiger partial charge in [-0.05, 0) is 35.9 Å². The van der Waals surface area contributed by atoms with Crippen LogP contribution >= 0.6 is 0 Å². The molecule has 2 rings (SSSR count). The number of nitrogens with two attached hydrogens (primary N) is 1. The Hall–Kier alpha value is -3.00. The van der Waals surface area contributed by atoms with Crippen LogP contribution in [-0.2, 0) is 11.4 Å². The Morgan fingerprint density at radius 3 is 2.40 bits per heavy atom. The van der Waals surface area contributed by atoms with E-state index in [1.54, 1.807) is 0 Å². The Balaban J connectivity index is 2.03. The predicted octanol–water partition coefficient (Wildman–Crippen LogP) is 1.12. The molecule has 132 valence electrons. The van der Waals surface area contributed by atoms with Gasteiger partial charge < -0.3 is 20.9 Å². The summed E-state index contributed by atoms with van der Waals surface area (Å²) in [5.41, 5.74) is 5.59. The van der Waals surface area contributed by atoms with Gasteiger partial charge in [-0.2, -0.15) is 0 Å². The van der Waals surface area contributed by atoms with Crippen LogP contribution in [-0.4, -0.2) is 29.6 Å². The van der Waals surface area contributed by atoms with Crippen LogP contribution < -0.4 is 15.8 Å². The molecule has 0 aliphatic rings. The van der Waals surface area contributed by atoms with Crippen molar-refractivity contribution in [3.63, 3.8) is 0 Å². The van der Waals surface area contributed by atoms with Gasteiger partial charge in [0, 0.05) is 5.56 Å². The highest BCUT2D eigenvalue weighted by Crippen LogP contribution is 2.20. The number of benzene rings is 2. The number of hydrogen-bond acceptors (Lipinski definition) is 4. The maximum absolute atomic E-state index is 14.0. The number of rotatable bonds is 7. The smallest absolute Gasteiger partial charge is 0.252 e. The average molecular weight is 350 g/mol. The Labute approximate surface area is 142 Å². The molecule has 25 heavy (non-hydrogen) atoms. The molecule has 1 unspecified atom stereocenters. The molecule has 0 radical (unpaired) electrons. The molecule has 0 heterocycles. The van der Waals surface area contributed by atoms with Crippen molar-refractivity contribution in [2.45, 2.75) is 12.6 Å². The summed E-state index contributed by atoms with van der Waals surface area (Å²) >= 11 is 0. The number of aliphatic hydroxyl groups is 1. The minimum Gasteiger partial charge on any atom is -0.486 e. The SMILES string of the molecule is NC(=O)C(CO)NC(=O)c1ccc(OCc2ccc(F)cc2)c(F)c1. The fourth-order valence-corrected chi connectivity index (χ4v) is 1.95. The zero-order chi connectivity index (χ0) is 18.4. The normalized spacial score (nSPS) is 11.6. The Morgan fingerprint density at radius 1 is 1.16 bits per heavy atom. The van der Waals surface area contributed by atoms with E-state index >= 15 is 0 Å². The molecular formula is C17H16F2N2O4. The third kappa shape index (κ3) is 4.98. The molecular weight excluding hydrogens is 334 g/mol. The highest BCUT2D eigenvalue weighted by Gasteiger charge is 2.18. The van der Waals surface area contributed by atoms with Gasteiger partial charge in [-0.15, -0.1) is 0 Å². The van der Waals surface area contributed by atoms with E-state index in [1.165, 1.54) is 36.4 Å². The van der Waals surface area contributed by atoms with E-state index in [4.69, 9.17) is 15.6 Å². The summed E-state index contributed by atoms with van der Waals surface area (Å²) < 4.78 is 32.2. The number of hydrogen-bond donors (Lipinski definition) is 3. The number of carbonyl (C=O) groups is 2. The van der Waals surface area contributed by atoms with Gasteiger partial charge >= 0.3 is 0 Å². The van der Waals surface area contributed by atoms with Crippen molar-refractivity contribution < 1.29 is 28.2 Å². The molecule has 2 amide bonds. The zero-order valence-electron chi connectivity index (χ0n) is 13.0. The topological polar surface area (TPSA) is 102 Å². The summed E-state index contributed by atoms with van der Waals surface area (Å²) in [4.78, 5) is 22.9. The Morgan fingerprint density at radius 2 is 1.84 bits per heavy atom. The van der Waals surface area contributed by atoms with Gasteiger partial charge in [0.1, 0.15) is 18.5 Å². The fourth-order valence-electron chi connectivity index (χ4n) is 1.95. The van der Waals surface area contributed by atoms with E-state index in [9.17, 15) is 18.4 Å². The van der Waals surface area contributed by atoms with Crippen molar-refractivity contribution in [2.24, 2.45) is 5.73 Å². The molecule has 0 bridgehead atoms. The number of primary amides is 1. The average Bonchev–Trinajstić information content (AvgIpc) is 2.59. The summed E-state index contributed by atoms with van der Waals surface area (Å²) in [6.45, 7) is -0.639. The first-order valence-corrected chi connectivity index (χ1v) is 7.28. The van der Waals surface area contributed by atoms with Crippen molar-refractivity contribution >= 4 is 11.8 Å². The third-order valence-corrected chi connectivity index (χ3v) is 3.33. The lowest BCUT2D eigenvalue weighted by Gasteiger charge is -2.13. The second-order valence-corrected chi connectivity index (χ2v) is 5.17. The Bertz CT molecular complexity index is 766. The number of halogens is 2. The van der Waals surface area contributed by atoms with Crippen molar-refractivity contribution in [1.82, 2.24) is 5.32 Å². The lowest BCUT2D eigenvalue weighted by molar-refractivity contribution is -0.120. The van der Waals surface area contributed by atoms with Gasteiger partial charge in [0.05, 0.1) is 6.61 Å². The van der Waals surface area contributed by atoms with E-state index < -0.39 is 30.3 Å². The summed E-state index contributed by atoms with van der Waals surface area (Å²) in [6.07, 6.45) is 0. The monoisotopic (exact) mass is 350 g/mol. The van der Waals surface area contributed by atoms with Crippen molar-refractivity contribution in [3.05, 3.63) is 65.2 Å². The van der Waals surface area contributed by atoms with Gasteiger partial charge in [-0.25, -0.2) is 8.78 Å². The van der Waals surface area contributed by atoms with E-state index in [2.05, 4.69) is 5.32 Å². The van der Waals surface area contributed by atoms with Crippen LogP contribution in [0.25, 0.3) is 0 Å². The molecule has 0 aliphatic heterocycles. The number of aliphatic hydroxyl groups excluding tert-OH is 1. The van der Waals surface area contributed by atoms with E-state index in [0.29, 0.717) is 5.56 Å². The van der Waals surface area contributed by atoms with Gasteiger partial charge in [-0.3, -0.25) is 9.59 Å². The van der Waals surface area contributed by atoms with Crippen LogP contribution in [0.1, 0.15) is 15.9 Å².